The van der Waals surface area contributed by atoms with Crippen LogP contribution >= 0.6 is 0 Å². The summed E-state index contributed by atoms with van der Waals surface area (Å²) in [5, 5.41) is 2.70. The molecule has 0 atom stereocenters. The molecular formula is C28H20F2N4O3. The monoisotopic (exact) mass is 498 g/mol. The summed E-state index contributed by atoms with van der Waals surface area (Å²) in [5.74, 6) is -1.72. The number of nitrogens with one attached hydrogen (secondary N) is 1. The number of anilines is 1. The van der Waals surface area contributed by atoms with Gasteiger partial charge in [0.1, 0.15) is 12.4 Å². The quantitative estimate of drug-likeness (QED) is 0.315. The number of benzene rings is 3. The van der Waals surface area contributed by atoms with E-state index in [-0.39, 0.29) is 18.2 Å². The minimum Gasteiger partial charge on any atom is -0.489 e. The minimum absolute atomic E-state index is 0.0540. The van der Waals surface area contributed by atoms with Crippen molar-refractivity contribution in [2.75, 3.05) is 5.32 Å². The number of carbonyl (C=O) groups is 1. The Bertz CT molecular complexity index is 1690. The van der Waals surface area contributed by atoms with E-state index in [1.165, 1.54) is 21.3 Å². The van der Waals surface area contributed by atoms with Gasteiger partial charge in [0.05, 0.1) is 28.6 Å². The summed E-state index contributed by atoms with van der Waals surface area (Å²) in [6.07, 6.45) is 4.37. The maximum atomic E-state index is 13.6. The van der Waals surface area contributed by atoms with Gasteiger partial charge in [-0.15, -0.1) is 0 Å². The molecule has 0 spiro atoms. The number of aromatic nitrogens is 3. The highest BCUT2D eigenvalue weighted by atomic mass is 19.2. The van der Waals surface area contributed by atoms with Crippen molar-refractivity contribution in [3.63, 3.8) is 0 Å². The average molecular weight is 498 g/mol. The molecule has 0 radical (unpaired) electrons. The summed E-state index contributed by atoms with van der Waals surface area (Å²) in [4.78, 5) is 29.5. The second-order valence-corrected chi connectivity index (χ2v) is 8.09. The molecule has 0 bridgehead atoms. The van der Waals surface area contributed by atoms with Gasteiger partial charge in [-0.2, -0.15) is 0 Å². The molecule has 184 valence electrons. The SMILES string of the molecule is C=CC(=O)Nc1cccc(-n2c(=O)n(-c3ccc(OCc4ccc(F)c(F)c4)cc3)c3cnccc32)c1. The first-order valence-electron chi connectivity index (χ1n) is 11.2. The number of amides is 1. The van der Waals surface area contributed by atoms with E-state index in [1.807, 2.05) is 0 Å². The van der Waals surface area contributed by atoms with Gasteiger partial charge in [0.25, 0.3) is 0 Å². The van der Waals surface area contributed by atoms with Crippen LogP contribution < -0.4 is 15.7 Å². The maximum Gasteiger partial charge on any atom is 0.338 e. The average Bonchev–Trinajstić information content (AvgIpc) is 3.21. The highest BCUT2D eigenvalue weighted by Gasteiger charge is 2.17. The highest BCUT2D eigenvalue weighted by molar-refractivity contribution is 5.99. The highest BCUT2D eigenvalue weighted by Crippen LogP contribution is 2.24. The normalized spacial score (nSPS) is 10.9. The fourth-order valence-electron chi connectivity index (χ4n) is 3.95. The van der Waals surface area contributed by atoms with Crippen LogP contribution in [-0.4, -0.2) is 20.0 Å². The van der Waals surface area contributed by atoms with Crippen LogP contribution in [0.25, 0.3) is 22.4 Å². The Morgan fingerprint density at radius 1 is 0.946 bits per heavy atom. The molecule has 7 nitrogen and oxygen atoms in total. The molecule has 0 aliphatic heterocycles. The predicted molar refractivity (Wildman–Crippen MR) is 136 cm³/mol. The van der Waals surface area contributed by atoms with Crippen LogP contribution in [0.15, 0.2) is 103 Å². The molecule has 0 aliphatic carbocycles. The zero-order valence-electron chi connectivity index (χ0n) is 19.4. The molecule has 5 rings (SSSR count). The van der Waals surface area contributed by atoms with Gasteiger partial charge >= 0.3 is 5.69 Å². The zero-order valence-corrected chi connectivity index (χ0v) is 19.4. The Morgan fingerprint density at radius 3 is 2.49 bits per heavy atom. The molecule has 3 aromatic carbocycles. The van der Waals surface area contributed by atoms with Crippen LogP contribution in [-0.2, 0) is 11.4 Å². The van der Waals surface area contributed by atoms with Gasteiger partial charge in [-0.1, -0.05) is 18.7 Å². The van der Waals surface area contributed by atoms with Gasteiger partial charge in [-0.05, 0) is 72.3 Å². The van der Waals surface area contributed by atoms with Crippen LogP contribution in [0.2, 0.25) is 0 Å². The van der Waals surface area contributed by atoms with Gasteiger partial charge in [-0.25, -0.2) is 13.6 Å². The molecular weight excluding hydrogens is 478 g/mol. The molecule has 37 heavy (non-hydrogen) atoms. The predicted octanol–water partition coefficient (Wildman–Crippen LogP) is 5.16. The number of imidazole rings is 1. The first-order chi connectivity index (χ1) is 17.9. The maximum absolute atomic E-state index is 13.6. The topological polar surface area (TPSA) is 78.2 Å². The summed E-state index contributed by atoms with van der Waals surface area (Å²) in [5.41, 5.74) is 3.04. The molecule has 9 heteroatoms. The number of halogens is 2. The second-order valence-electron chi connectivity index (χ2n) is 8.09. The number of carbonyl (C=O) groups excluding carboxylic acids is 1. The summed E-state index contributed by atoms with van der Waals surface area (Å²) in [6, 6.07) is 19.1. The molecule has 1 amide bonds. The molecule has 0 saturated heterocycles. The van der Waals surface area contributed by atoms with Crippen molar-refractivity contribution in [2.45, 2.75) is 6.61 Å². The van der Waals surface area contributed by atoms with E-state index in [4.69, 9.17) is 4.74 Å². The number of nitrogens with zero attached hydrogens (tertiary/aromatic N) is 3. The third kappa shape index (κ3) is 4.74. The molecule has 0 aliphatic rings. The Labute approximate surface area is 209 Å². The lowest BCUT2D eigenvalue weighted by molar-refractivity contribution is -0.111. The summed E-state index contributed by atoms with van der Waals surface area (Å²) >= 11 is 0. The van der Waals surface area contributed by atoms with Crippen molar-refractivity contribution in [3.8, 4) is 17.1 Å². The van der Waals surface area contributed by atoms with E-state index in [2.05, 4.69) is 16.9 Å². The fraction of sp³-hybridized carbons (Fsp3) is 0.0357. The van der Waals surface area contributed by atoms with Crippen LogP contribution in [0.4, 0.5) is 14.5 Å². The number of ether oxygens (including phenoxy) is 1. The number of fused-ring (bicyclic) bond motifs is 1. The van der Waals surface area contributed by atoms with Gasteiger partial charge in [-0.3, -0.25) is 18.9 Å². The first kappa shape index (κ1) is 23.7. The Morgan fingerprint density at radius 2 is 1.73 bits per heavy atom. The zero-order chi connectivity index (χ0) is 25.9. The number of pyridine rings is 1. The van der Waals surface area contributed by atoms with E-state index in [9.17, 15) is 18.4 Å². The summed E-state index contributed by atoms with van der Waals surface area (Å²) in [7, 11) is 0. The molecule has 0 fully saturated rings. The van der Waals surface area contributed by atoms with Crippen LogP contribution in [0.3, 0.4) is 0 Å². The first-order valence-corrected chi connectivity index (χ1v) is 11.2. The van der Waals surface area contributed by atoms with E-state index >= 15 is 0 Å². The van der Waals surface area contributed by atoms with Crippen molar-refractivity contribution in [1.82, 2.24) is 14.1 Å². The molecule has 1 N–H and O–H groups in total. The third-order valence-corrected chi connectivity index (χ3v) is 5.68. The molecule has 2 heterocycles. The van der Waals surface area contributed by atoms with Crippen LogP contribution in [0, 0.1) is 11.6 Å². The van der Waals surface area contributed by atoms with Crippen molar-refractivity contribution in [1.29, 1.82) is 0 Å². The summed E-state index contributed by atoms with van der Waals surface area (Å²) in [6.45, 7) is 3.51. The van der Waals surface area contributed by atoms with Crippen LogP contribution in [0.1, 0.15) is 5.56 Å². The second kappa shape index (κ2) is 9.90. The largest absolute Gasteiger partial charge is 0.489 e. The lowest BCUT2D eigenvalue weighted by Gasteiger charge is -2.09. The number of hydrogen-bond donors (Lipinski definition) is 1. The standard InChI is InChI=1S/C28H20F2N4O3/c1-2-27(35)32-19-4-3-5-21(15-19)34-25-12-13-31-16-26(25)33(28(34)36)20-7-9-22(10-8-20)37-17-18-6-11-23(29)24(30)14-18/h2-16H,1,17H2,(H,32,35). The van der Waals surface area contributed by atoms with E-state index in [0.717, 1.165) is 12.1 Å². The number of rotatable bonds is 7. The van der Waals surface area contributed by atoms with Gasteiger partial charge < -0.3 is 10.1 Å². The van der Waals surface area contributed by atoms with Crippen molar-refractivity contribution >= 4 is 22.6 Å². The van der Waals surface area contributed by atoms with E-state index in [0.29, 0.717) is 39.4 Å². The van der Waals surface area contributed by atoms with Gasteiger partial charge in [0.15, 0.2) is 11.6 Å². The smallest absolute Gasteiger partial charge is 0.338 e. The Kier molecular flexibility index (Phi) is 6.34. The fourth-order valence-corrected chi connectivity index (χ4v) is 3.95. The van der Waals surface area contributed by atoms with Gasteiger partial charge in [0.2, 0.25) is 5.91 Å². The van der Waals surface area contributed by atoms with Crippen molar-refractivity contribution < 1.29 is 18.3 Å². The van der Waals surface area contributed by atoms with E-state index in [1.54, 1.807) is 67.0 Å². The summed E-state index contributed by atoms with van der Waals surface area (Å²) < 4.78 is 35.3. The Hall–Kier alpha value is -5.05. The lowest BCUT2D eigenvalue weighted by atomic mass is 10.2. The van der Waals surface area contributed by atoms with Gasteiger partial charge in [0, 0.05) is 11.9 Å². The third-order valence-electron chi connectivity index (χ3n) is 5.68. The Balaban J connectivity index is 1.48. The molecule has 5 aromatic rings. The number of hydrogen-bond acceptors (Lipinski definition) is 4. The molecule has 0 unspecified atom stereocenters. The minimum atomic E-state index is -0.936. The van der Waals surface area contributed by atoms with Crippen LogP contribution in [0.5, 0.6) is 5.75 Å². The van der Waals surface area contributed by atoms with Crippen molar-refractivity contribution in [3.05, 3.63) is 126 Å². The molecule has 0 saturated carbocycles. The lowest BCUT2D eigenvalue weighted by Crippen LogP contribution is -2.22. The molecule has 2 aromatic heterocycles. The van der Waals surface area contributed by atoms with Crippen molar-refractivity contribution in [2.24, 2.45) is 0 Å². The van der Waals surface area contributed by atoms with E-state index < -0.39 is 11.6 Å².